The number of aromatic hydroxyl groups is 1. The molecule has 0 aliphatic carbocycles. The number of ether oxygens (including phenoxy) is 1. The van der Waals surface area contributed by atoms with Gasteiger partial charge in [-0.2, -0.15) is 5.26 Å². The number of nitriles is 1. The molecule has 0 bridgehead atoms. The summed E-state index contributed by atoms with van der Waals surface area (Å²) in [6.45, 7) is 4.36. The first-order valence-corrected chi connectivity index (χ1v) is 8.88. The van der Waals surface area contributed by atoms with Crippen LogP contribution in [-0.4, -0.2) is 22.2 Å². The van der Waals surface area contributed by atoms with Gasteiger partial charge in [0.25, 0.3) is 0 Å². The molecule has 0 spiro atoms. The highest BCUT2D eigenvalue weighted by Gasteiger charge is 2.17. The number of hydrogen-bond donors (Lipinski definition) is 1. The average molecular weight is 376 g/mol. The number of rotatable bonds is 6. The molecule has 0 atom stereocenters. The van der Waals surface area contributed by atoms with Crippen LogP contribution < -0.4 is 4.74 Å². The SMILES string of the molecule is CC(C)Cn1c(O)c(N=NC(=O)COc2ccccc2C#N)c2ccccc21. The first kappa shape index (κ1) is 19.1. The molecule has 0 unspecified atom stereocenters. The Balaban J connectivity index is 1.80. The lowest BCUT2D eigenvalue weighted by molar-refractivity contribution is -0.120. The highest BCUT2D eigenvalue weighted by atomic mass is 16.5. The monoisotopic (exact) mass is 376 g/mol. The van der Waals surface area contributed by atoms with Crippen LogP contribution in [0.5, 0.6) is 11.6 Å². The van der Waals surface area contributed by atoms with Gasteiger partial charge in [-0.15, -0.1) is 10.2 Å². The van der Waals surface area contributed by atoms with Gasteiger partial charge in [0.2, 0.25) is 5.88 Å². The molecule has 0 aliphatic rings. The van der Waals surface area contributed by atoms with Crippen molar-refractivity contribution in [2.75, 3.05) is 6.61 Å². The van der Waals surface area contributed by atoms with E-state index in [1.807, 2.05) is 30.3 Å². The molecular weight excluding hydrogens is 356 g/mol. The van der Waals surface area contributed by atoms with Gasteiger partial charge in [0, 0.05) is 11.9 Å². The third-order valence-electron chi connectivity index (χ3n) is 4.09. The van der Waals surface area contributed by atoms with Crippen LogP contribution >= 0.6 is 0 Å². The van der Waals surface area contributed by atoms with Crippen LogP contribution in [-0.2, 0) is 11.3 Å². The van der Waals surface area contributed by atoms with Crippen LogP contribution in [0, 0.1) is 17.2 Å². The molecule has 1 aromatic heterocycles. The summed E-state index contributed by atoms with van der Waals surface area (Å²) < 4.78 is 7.12. The van der Waals surface area contributed by atoms with Crippen molar-refractivity contribution in [2.24, 2.45) is 16.1 Å². The van der Waals surface area contributed by atoms with Gasteiger partial charge in [-0.05, 0) is 24.1 Å². The van der Waals surface area contributed by atoms with E-state index < -0.39 is 5.91 Å². The van der Waals surface area contributed by atoms with Crippen molar-refractivity contribution in [1.82, 2.24) is 4.57 Å². The van der Waals surface area contributed by atoms with Crippen molar-refractivity contribution in [3.8, 4) is 17.7 Å². The number of benzene rings is 2. The van der Waals surface area contributed by atoms with E-state index in [9.17, 15) is 9.90 Å². The minimum atomic E-state index is -0.618. The minimum absolute atomic E-state index is 0.0257. The summed E-state index contributed by atoms with van der Waals surface area (Å²) >= 11 is 0. The summed E-state index contributed by atoms with van der Waals surface area (Å²) in [5.74, 6) is -0.0123. The number of fused-ring (bicyclic) bond motifs is 1. The molecule has 2 aromatic carbocycles. The summed E-state index contributed by atoms with van der Waals surface area (Å²) in [5.41, 5.74) is 1.41. The van der Waals surface area contributed by atoms with Crippen LogP contribution in [0.15, 0.2) is 58.8 Å². The number of hydrogen-bond acceptors (Lipinski definition) is 5. The zero-order valence-electron chi connectivity index (χ0n) is 15.7. The van der Waals surface area contributed by atoms with Crippen LogP contribution in [0.1, 0.15) is 19.4 Å². The minimum Gasteiger partial charge on any atom is -0.493 e. The van der Waals surface area contributed by atoms with Crippen molar-refractivity contribution in [3.63, 3.8) is 0 Å². The molecule has 0 fully saturated rings. The van der Waals surface area contributed by atoms with E-state index in [2.05, 4.69) is 24.1 Å². The molecule has 3 aromatic rings. The van der Waals surface area contributed by atoms with Crippen molar-refractivity contribution in [1.29, 1.82) is 5.26 Å². The Morgan fingerprint density at radius 3 is 2.68 bits per heavy atom. The predicted octanol–water partition coefficient (Wildman–Crippen LogP) is 4.56. The number of carbonyl (C=O) groups is 1. The summed E-state index contributed by atoms with van der Waals surface area (Å²) in [5, 5.41) is 28.0. The highest BCUT2D eigenvalue weighted by molar-refractivity contribution is 5.95. The van der Waals surface area contributed by atoms with Gasteiger partial charge in [0.1, 0.15) is 11.8 Å². The van der Waals surface area contributed by atoms with Crippen LogP contribution in [0.4, 0.5) is 5.69 Å². The number of amides is 1. The van der Waals surface area contributed by atoms with Crippen molar-refractivity contribution in [2.45, 2.75) is 20.4 Å². The van der Waals surface area contributed by atoms with Crippen molar-refractivity contribution < 1.29 is 14.6 Å². The van der Waals surface area contributed by atoms with E-state index >= 15 is 0 Å². The molecule has 7 heteroatoms. The molecule has 1 N–H and O–H groups in total. The Hall–Kier alpha value is -3.66. The largest absolute Gasteiger partial charge is 0.493 e. The van der Waals surface area contributed by atoms with E-state index in [4.69, 9.17) is 10.00 Å². The van der Waals surface area contributed by atoms with E-state index in [1.165, 1.54) is 0 Å². The molecule has 0 saturated carbocycles. The zero-order valence-corrected chi connectivity index (χ0v) is 15.7. The highest BCUT2D eigenvalue weighted by Crippen LogP contribution is 2.39. The van der Waals surface area contributed by atoms with Gasteiger partial charge in [0.15, 0.2) is 12.3 Å². The quantitative estimate of drug-likeness (QED) is 0.637. The Kier molecular flexibility index (Phi) is 5.70. The smallest absolute Gasteiger partial charge is 0.302 e. The van der Waals surface area contributed by atoms with Crippen LogP contribution in [0.2, 0.25) is 0 Å². The maximum Gasteiger partial charge on any atom is 0.302 e. The Bertz CT molecular complexity index is 1080. The lowest BCUT2D eigenvalue weighted by Crippen LogP contribution is -2.08. The third kappa shape index (κ3) is 4.01. The zero-order chi connectivity index (χ0) is 20.1. The summed E-state index contributed by atoms with van der Waals surface area (Å²) in [7, 11) is 0. The van der Waals surface area contributed by atoms with Gasteiger partial charge < -0.3 is 14.4 Å². The van der Waals surface area contributed by atoms with Crippen LogP contribution in [0.3, 0.4) is 0 Å². The van der Waals surface area contributed by atoms with Crippen LogP contribution in [0.25, 0.3) is 10.9 Å². The molecule has 0 saturated heterocycles. The van der Waals surface area contributed by atoms with Crippen molar-refractivity contribution in [3.05, 3.63) is 54.1 Å². The number of carbonyl (C=O) groups excluding carboxylic acids is 1. The third-order valence-corrected chi connectivity index (χ3v) is 4.09. The van der Waals surface area contributed by atoms with E-state index in [0.717, 1.165) is 5.52 Å². The topological polar surface area (TPSA) is 100.0 Å². The Morgan fingerprint density at radius 1 is 1.21 bits per heavy atom. The van der Waals surface area contributed by atoms with Crippen molar-refractivity contribution >= 4 is 22.5 Å². The fourth-order valence-electron chi connectivity index (χ4n) is 2.88. The first-order valence-electron chi connectivity index (χ1n) is 8.88. The summed E-state index contributed by atoms with van der Waals surface area (Å²) in [4.78, 5) is 12.1. The van der Waals surface area contributed by atoms with E-state index in [-0.39, 0.29) is 18.2 Å². The second kappa shape index (κ2) is 8.35. The molecule has 7 nitrogen and oxygen atoms in total. The standard InChI is InChI=1S/C21H20N4O3/c1-14(2)12-25-17-9-5-4-8-16(17)20(21(25)27)24-23-19(26)13-28-18-10-6-3-7-15(18)11-22/h3-10,14,27H,12-13H2,1-2H3. The van der Waals surface area contributed by atoms with Gasteiger partial charge in [-0.3, -0.25) is 4.79 Å². The molecule has 0 radical (unpaired) electrons. The molecule has 142 valence electrons. The summed E-state index contributed by atoms with van der Waals surface area (Å²) in [6.07, 6.45) is 0. The van der Waals surface area contributed by atoms with Gasteiger partial charge in [0.05, 0.1) is 11.1 Å². The molecule has 1 amide bonds. The molecule has 0 aliphatic heterocycles. The molecule has 28 heavy (non-hydrogen) atoms. The maximum absolute atomic E-state index is 12.1. The Labute approximate surface area is 162 Å². The van der Waals surface area contributed by atoms with E-state index in [1.54, 1.807) is 28.8 Å². The molecule has 1 heterocycles. The fraction of sp³-hybridized carbons (Fsp3) is 0.238. The first-order chi connectivity index (χ1) is 13.5. The number of para-hydroxylation sites is 2. The maximum atomic E-state index is 12.1. The number of azo groups is 1. The average Bonchev–Trinajstić information content (AvgIpc) is 2.96. The lowest BCUT2D eigenvalue weighted by Gasteiger charge is -2.09. The summed E-state index contributed by atoms with van der Waals surface area (Å²) in [6, 6.07) is 16.1. The normalized spacial score (nSPS) is 11.2. The van der Waals surface area contributed by atoms with E-state index in [0.29, 0.717) is 29.2 Å². The second-order valence-corrected chi connectivity index (χ2v) is 6.68. The molecule has 3 rings (SSSR count). The lowest BCUT2D eigenvalue weighted by atomic mass is 10.2. The van der Waals surface area contributed by atoms with Gasteiger partial charge in [-0.1, -0.05) is 44.2 Å². The van der Waals surface area contributed by atoms with Gasteiger partial charge >= 0.3 is 5.91 Å². The van der Waals surface area contributed by atoms with Gasteiger partial charge in [-0.25, -0.2) is 0 Å². The predicted molar refractivity (Wildman–Crippen MR) is 105 cm³/mol. The number of nitrogens with zero attached hydrogens (tertiary/aromatic N) is 4. The fourth-order valence-corrected chi connectivity index (χ4v) is 2.88. The Morgan fingerprint density at radius 2 is 1.93 bits per heavy atom. The molecular formula is C21H20N4O3. The second-order valence-electron chi connectivity index (χ2n) is 6.68. The number of aromatic nitrogens is 1.